The summed E-state index contributed by atoms with van der Waals surface area (Å²) in [5, 5.41) is 6.90. The number of anilines is 1. The topological polar surface area (TPSA) is 94.9 Å². The summed E-state index contributed by atoms with van der Waals surface area (Å²) in [5.41, 5.74) is 10.0. The van der Waals surface area contributed by atoms with Crippen LogP contribution in [0, 0.1) is 5.92 Å². The van der Waals surface area contributed by atoms with E-state index in [0.29, 0.717) is 11.7 Å². The molecule has 0 bridgehead atoms. The number of piperidine rings is 1. The summed E-state index contributed by atoms with van der Waals surface area (Å²) in [4.78, 5) is 22.2. The van der Waals surface area contributed by atoms with Gasteiger partial charge in [0.1, 0.15) is 17.8 Å². The highest BCUT2D eigenvalue weighted by molar-refractivity contribution is 5.99. The molecule has 1 fully saturated rings. The number of nitrogens with zero attached hydrogens (tertiary/aromatic N) is 6. The molecule has 1 aromatic carbocycles. The molecule has 1 saturated heterocycles. The van der Waals surface area contributed by atoms with Gasteiger partial charge in [-0.1, -0.05) is 6.07 Å². The fourth-order valence-electron chi connectivity index (χ4n) is 4.66. The summed E-state index contributed by atoms with van der Waals surface area (Å²) >= 11 is 0. The number of nitrogens with two attached hydrogens (primary N) is 1. The molecule has 5 rings (SSSR count). The SMILES string of the molecule is CC(=O)N1CCC(CCn2nc(-c3ccc4c(ccn4C)c3)c3c(N)ncnc32)CC1. The molecule has 1 aliphatic rings. The van der Waals surface area contributed by atoms with Gasteiger partial charge in [0.05, 0.1) is 5.39 Å². The third-order valence-corrected chi connectivity index (χ3v) is 6.53. The largest absolute Gasteiger partial charge is 0.383 e. The molecule has 1 aliphatic heterocycles. The fraction of sp³-hybridized carbons (Fsp3) is 0.391. The van der Waals surface area contributed by atoms with Crippen LogP contribution in [0.4, 0.5) is 5.82 Å². The summed E-state index contributed by atoms with van der Waals surface area (Å²) < 4.78 is 4.07. The highest BCUT2D eigenvalue weighted by Gasteiger charge is 2.22. The van der Waals surface area contributed by atoms with Gasteiger partial charge in [0.15, 0.2) is 5.65 Å². The van der Waals surface area contributed by atoms with Crippen LogP contribution in [0.15, 0.2) is 36.8 Å². The van der Waals surface area contributed by atoms with E-state index in [-0.39, 0.29) is 5.91 Å². The van der Waals surface area contributed by atoms with Crippen LogP contribution in [0.5, 0.6) is 0 Å². The Kier molecular flexibility index (Phi) is 4.84. The number of amides is 1. The Balaban J connectivity index is 1.44. The van der Waals surface area contributed by atoms with Crippen molar-refractivity contribution < 1.29 is 4.79 Å². The van der Waals surface area contributed by atoms with Gasteiger partial charge in [0.25, 0.3) is 0 Å². The Morgan fingerprint density at radius 2 is 2.00 bits per heavy atom. The Morgan fingerprint density at radius 3 is 2.77 bits per heavy atom. The number of aryl methyl sites for hydroxylation is 2. The molecule has 8 heteroatoms. The Morgan fingerprint density at radius 1 is 1.19 bits per heavy atom. The predicted octanol–water partition coefficient (Wildman–Crippen LogP) is 3.22. The monoisotopic (exact) mass is 417 g/mol. The van der Waals surface area contributed by atoms with Crippen molar-refractivity contribution in [1.82, 2.24) is 29.2 Å². The van der Waals surface area contributed by atoms with Gasteiger partial charge >= 0.3 is 0 Å². The molecule has 0 saturated carbocycles. The second-order valence-corrected chi connectivity index (χ2v) is 8.47. The normalized spacial score (nSPS) is 15.2. The van der Waals surface area contributed by atoms with Crippen LogP contribution in [0.1, 0.15) is 26.2 Å². The molecule has 0 aliphatic carbocycles. The summed E-state index contributed by atoms with van der Waals surface area (Å²) in [5.74, 6) is 1.20. The molecule has 31 heavy (non-hydrogen) atoms. The maximum atomic E-state index is 11.6. The second-order valence-electron chi connectivity index (χ2n) is 8.47. The van der Waals surface area contributed by atoms with Crippen LogP contribution in [-0.2, 0) is 18.4 Å². The Labute approximate surface area is 180 Å². The Bertz CT molecular complexity index is 1260. The van der Waals surface area contributed by atoms with Crippen molar-refractivity contribution >= 4 is 33.7 Å². The van der Waals surface area contributed by atoms with E-state index in [0.717, 1.165) is 66.6 Å². The van der Waals surface area contributed by atoms with Crippen LogP contribution in [0.3, 0.4) is 0 Å². The number of hydrogen-bond acceptors (Lipinski definition) is 5. The lowest BCUT2D eigenvalue weighted by molar-refractivity contribution is -0.130. The molecule has 0 radical (unpaired) electrons. The highest BCUT2D eigenvalue weighted by atomic mass is 16.2. The molecular formula is C23H27N7O. The van der Waals surface area contributed by atoms with Crippen molar-refractivity contribution in [3.63, 3.8) is 0 Å². The fourth-order valence-corrected chi connectivity index (χ4v) is 4.66. The number of rotatable bonds is 4. The van der Waals surface area contributed by atoms with Gasteiger partial charge in [-0.3, -0.25) is 4.79 Å². The molecule has 4 heterocycles. The van der Waals surface area contributed by atoms with Crippen LogP contribution < -0.4 is 5.73 Å². The van der Waals surface area contributed by atoms with Crippen molar-refractivity contribution in [3.05, 3.63) is 36.8 Å². The standard InChI is InChI=1S/C23H27N7O/c1-15(31)29-10-5-16(6-11-29)7-12-30-23-20(22(24)25-14-26-23)21(27-30)18-3-4-19-17(13-18)8-9-28(19)2/h3-4,8-9,13-14,16H,5-7,10-12H2,1-2H3,(H2,24,25,26). The molecule has 1 amide bonds. The van der Waals surface area contributed by atoms with Gasteiger partial charge in [-0.05, 0) is 43.4 Å². The minimum absolute atomic E-state index is 0.170. The molecule has 160 valence electrons. The first-order valence-electron chi connectivity index (χ1n) is 10.8. The molecular weight excluding hydrogens is 390 g/mol. The maximum Gasteiger partial charge on any atom is 0.219 e. The van der Waals surface area contributed by atoms with Gasteiger partial charge in [0, 0.05) is 56.3 Å². The van der Waals surface area contributed by atoms with E-state index in [1.54, 1.807) is 6.92 Å². The van der Waals surface area contributed by atoms with Crippen molar-refractivity contribution in [1.29, 1.82) is 0 Å². The number of likely N-dealkylation sites (tertiary alicyclic amines) is 1. The van der Waals surface area contributed by atoms with Gasteiger partial charge in [-0.25, -0.2) is 14.6 Å². The zero-order valence-electron chi connectivity index (χ0n) is 18.0. The van der Waals surface area contributed by atoms with Gasteiger partial charge in [-0.2, -0.15) is 5.10 Å². The first-order chi connectivity index (χ1) is 15.0. The molecule has 0 unspecified atom stereocenters. The van der Waals surface area contributed by atoms with Crippen molar-refractivity contribution in [2.45, 2.75) is 32.7 Å². The second kappa shape index (κ2) is 7.68. The zero-order chi connectivity index (χ0) is 21.5. The minimum atomic E-state index is 0.170. The summed E-state index contributed by atoms with van der Waals surface area (Å²) in [6, 6.07) is 8.44. The lowest BCUT2D eigenvalue weighted by Crippen LogP contribution is -2.37. The molecule has 0 atom stereocenters. The van der Waals surface area contributed by atoms with Crippen LogP contribution >= 0.6 is 0 Å². The average molecular weight is 418 g/mol. The average Bonchev–Trinajstić information content (AvgIpc) is 3.34. The molecule has 0 spiro atoms. The van der Waals surface area contributed by atoms with Gasteiger partial charge < -0.3 is 15.2 Å². The lowest BCUT2D eigenvalue weighted by Gasteiger charge is -2.31. The molecule has 3 aromatic heterocycles. The molecule has 8 nitrogen and oxygen atoms in total. The number of carbonyl (C=O) groups excluding carboxylic acids is 1. The number of nitrogen functional groups attached to an aromatic ring is 1. The first-order valence-corrected chi connectivity index (χ1v) is 10.8. The lowest BCUT2D eigenvalue weighted by atomic mass is 9.93. The summed E-state index contributed by atoms with van der Waals surface area (Å²) in [6.45, 7) is 4.11. The molecule has 4 aromatic rings. The first kappa shape index (κ1) is 19.5. The van der Waals surface area contributed by atoms with E-state index >= 15 is 0 Å². The smallest absolute Gasteiger partial charge is 0.219 e. The maximum absolute atomic E-state index is 11.6. The number of fused-ring (bicyclic) bond motifs is 2. The van der Waals surface area contributed by atoms with E-state index in [2.05, 4.69) is 45.0 Å². The third-order valence-electron chi connectivity index (χ3n) is 6.53. The highest BCUT2D eigenvalue weighted by Crippen LogP contribution is 2.32. The molecule has 2 N–H and O–H groups in total. The van der Waals surface area contributed by atoms with Crippen LogP contribution in [0.2, 0.25) is 0 Å². The van der Waals surface area contributed by atoms with E-state index in [4.69, 9.17) is 10.8 Å². The van der Waals surface area contributed by atoms with Crippen LogP contribution in [-0.4, -0.2) is 48.2 Å². The van der Waals surface area contributed by atoms with Gasteiger partial charge in [-0.15, -0.1) is 0 Å². The Hall–Kier alpha value is -3.42. The van der Waals surface area contributed by atoms with E-state index in [9.17, 15) is 4.79 Å². The minimum Gasteiger partial charge on any atom is -0.383 e. The number of hydrogen-bond donors (Lipinski definition) is 1. The van der Waals surface area contributed by atoms with E-state index in [1.165, 1.54) is 11.8 Å². The third kappa shape index (κ3) is 3.52. The number of carbonyl (C=O) groups is 1. The number of benzene rings is 1. The quantitative estimate of drug-likeness (QED) is 0.550. The van der Waals surface area contributed by atoms with Gasteiger partial charge in [0.2, 0.25) is 5.91 Å². The van der Waals surface area contributed by atoms with E-state index in [1.807, 2.05) is 16.6 Å². The van der Waals surface area contributed by atoms with Crippen molar-refractivity contribution in [2.75, 3.05) is 18.8 Å². The zero-order valence-corrected chi connectivity index (χ0v) is 18.0. The van der Waals surface area contributed by atoms with Crippen molar-refractivity contribution in [3.8, 4) is 11.3 Å². The summed E-state index contributed by atoms with van der Waals surface area (Å²) in [6.07, 6.45) is 6.63. The van der Waals surface area contributed by atoms with Crippen molar-refractivity contribution in [2.24, 2.45) is 13.0 Å². The van der Waals surface area contributed by atoms with E-state index < -0.39 is 0 Å². The number of aromatic nitrogens is 5. The summed E-state index contributed by atoms with van der Waals surface area (Å²) in [7, 11) is 2.04. The predicted molar refractivity (Wildman–Crippen MR) is 121 cm³/mol. The van der Waals surface area contributed by atoms with Crippen LogP contribution in [0.25, 0.3) is 33.2 Å².